The Hall–Kier alpha value is -0.320. The summed E-state index contributed by atoms with van der Waals surface area (Å²) in [5.74, 6) is 1.68. The predicted octanol–water partition coefficient (Wildman–Crippen LogP) is 4.68. The first-order valence-corrected chi connectivity index (χ1v) is 7.88. The number of hydrogen-bond acceptors (Lipinski definition) is 4. The van der Waals surface area contributed by atoms with Gasteiger partial charge in [0.05, 0.1) is 5.75 Å². The molecule has 92 valence electrons. The van der Waals surface area contributed by atoms with Crippen molar-refractivity contribution >= 4 is 44.9 Å². The molecule has 17 heavy (non-hydrogen) atoms. The molecule has 0 aliphatic heterocycles. The number of thiophene rings is 1. The smallest absolute Gasteiger partial charge is 0.141 e. The van der Waals surface area contributed by atoms with Gasteiger partial charge in [-0.15, -0.1) is 11.3 Å². The molecule has 0 saturated heterocycles. The van der Waals surface area contributed by atoms with Crippen molar-refractivity contribution in [2.24, 2.45) is 0 Å². The monoisotopic (exact) mass is 286 g/mol. The molecule has 5 heteroatoms. The van der Waals surface area contributed by atoms with Crippen LogP contribution in [-0.2, 0) is 5.75 Å². The van der Waals surface area contributed by atoms with Crippen LogP contribution in [0.15, 0.2) is 6.07 Å². The summed E-state index contributed by atoms with van der Waals surface area (Å²) in [7, 11) is 0. The highest BCUT2D eigenvalue weighted by atomic mass is 35.5. The molecule has 0 saturated carbocycles. The van der Waals surface area contributed by atoms with Crippen molar-refractivity contribution in [2.75, 3.05) is 0 Å². The van der Waals surface area contributed by atoms with Gasteiger partial charge in [-0.3, -0.25) is 0 Å². The third-order valence-corrected chi connectivity index (χ3v) is 5.15. The summed E-state index contributed by atoms with van der Waals surface area (Å²) in [6.07, 6.45) is 1.17. The minimum absolute atomic E-state index is 0.583. The van der Waals surface area contributed by atoms with Gasteiger partial charge in [-0.25, -0.2) is 9.97 Å². The van der Waals surface area contributed by atoms with Gasteiger partial charge in [0.2, 0.25) is 0 Å². The molecule has 2 heterocycles. The Morgan fingerprint density at radius 1 is 1.47 bits per heavy atom. The number of aromatic nitrogens is 2. The van der Waals surface area contributed by atoms with E-state index in [0.29, 0.717) is 10.4 Å². The fourth-order valence-corrected chi connectivity index (χ4v) is 3.44. The third kappa shape index (κ3) is 3.12. The average molecular weight is 287 g/mol. The van der Waals surface area contributed by atoms with Crippen molar-refractivity contribution in [2.45, 2.75) is 38.2 Å². The molecule has 1 unspecified atom stereocenters. The number of hydrogen-bond donors (Lipinski definition) is 0. The molecule has 0 spiro atoms. The number of thioether (sulfide) groups is 1. The number of aryl methyl sites for hydroxylation is 1. The van der Waals surface area contributed by atoms with E-state index in [9.17, 15) is 0 Å². The van der Waals surface area contributed by atoms with Gasteiger partial charge in [0.15, 0.2) is 0 Å². The van der Waals surface area contributed by atoms with Gasteiger partial charge in [-0.2, -0.15) is 11.8 Å². The Morgan fingerprint density at radius 2 is 2.24 bits per heavy atom. The van der Waals surface area contributed by atoms with Crippen molar-refractivity contribution in [3.63, 3.8) is 0 Å². The lowest BCUT2D eigenvalue weighted by Crippen LogP contribution is -1.98. The van der Waals surface area contributed by atoms with E-state index in [-0.39, 0.29) is 0 Å². The molecule has 2 nitrogen and oxygen atoms in total. The van der Waals surface area contributed by atoms with E-state index in [4.69, 9.17) is 11.6 Å². The molecule has 0 bridgehead atoms. The van der Waals surface area contributed by atoms with Crippen LogP contribution in [0.4, 0.5) is 0 Å². The number of rotatable bonds is 4. The summed E-state index contributed by atoms with van der Waals surface area (Å²) < 4.78 is 0. The van der Waals surface area contributed by atoms with Crippen molar-refractivity contribution in [3.8, 4) is 0 Å². The SMILES string of the molecule is CCC(C)SCc1nc(Cl)c2cc(C)sc2n1. The molecule has 0 amide bonds. The maximum atomic E-state index is 6.17. The van der Waals surface area contributed by atoms with Crippen molar-refractivity contribution < 1.29 is 0 Å². The second-order valence-electron chi connectivity index (χ2n) is 4.04. The molecule has 2 aromatic heterocycles. The molecule has 1 atom stereocenters. The largest absolute Gasteiger partial charge is 0.221 e. The zero-order chi connectivity index (χ0) is 12.4. The number of fused-ring (bicyclic) bond motifs is 1. The van der Waals surface area contributed by atoms with Gasteiger partial charge in [0, 0.05) is 15.5 Å². The minimum Gasteiger partial charge on any atom is -0.221 e. The lowest BCUT2D eigenvalue weighted by molar-refractivity contribution is 0.902. The van der Waals surface area contributed by atoms with Gasteiger partial charge in [-0.05, 0) is 19.4 Å². The molecule has 0 fully saturated rings. The third-order valence-electron chi connectivity index (χ3n) is 2.59. The lowest BCUT2D eigenvalue weighted by atomic mass is 10.4. The Kier molecular flexibility index (Phi) is 4.28. The molecule has 0 aliphatic carbocycles. The van der Waals surface area contributed by atoms with Crippen LogP contribution in [0.2, 0.25) is 5.15 Å². The van der Waals surface area contributed by atoms with Crippen molar-refractivity contribution in [3.05, 3.63) is 21.9 Å². The van der Waals surface area contributed by atoms with Crippen molar-refractivity contribution in [1.29, 1.82) is 0 Å². The quantitative estimate of drug-likeness (QED) is 0.763. The lowest BCUT2D eigenvalue weighted by Gasteiger charge is -2.07. The molecule has 0 aromatic carbocycles. The van der Waals surface area contributed by atoms with Crippen LogP contribution in [0.5, 0.6) is 0 Å². The standard InChI is InChI=1S/C12H15ClN2S2/c1-4-7(2)16-6-10-14-11(13)9-5-8(3)17-12(9)15-10/h5,7H,4,6H2,1-3H3. The molecule has 2 rings (SSSR count). The Balaban J connectivity index is 2.24. The van der Waals surface area contributed by atoms with Crippen LogP contribution in [-0.4, -0.2) is 15.2 Å². The summed E-state index contributed by atoms with van der Waals surface area (Å²) in [4.78, 5) is 11.2. The van der Waals surface area contributed by atoms with E-state index < -0.39 is 0 Å². The van der Waals surface area contributed by atoms with Gasteiger partial charge in [0.25, 0.3) is 0 Å². The normalized spacial score (nSPS) is 13.2. The van der Waals surface area contributed by atoms with Crippen LogP contribution in [0, 0.1) is 6.92 Å². The van der Waals surface area contributed by atoms with Crippen LogP contribution >= 0.6 is 34.7 Å². The Labute approximate surface area is 115 Å². The second-order valence-corrected chi connectivity index (χ2v) is 7.06. The molecular weight excluding hydrogens is 272 g/mol. The first kappa shape index (κ1) is 13.1. The number of halogens is 1. The average Bonchev–Trinajstić information content (AvgIpc) is 2.67. The number of nitrogens with zero attached hydrogens (tertiary/aromatic N) is 2. The van der Waals surface area contributed by atoms with Crippen LogP contribution in [0.25, 0.3) is 10.2 Å². The van der Waals surface area contributed by atoms with Crippen LogP contribution < -0.4 is 0 Å². The molecule has 0 radical (unpaired) electrons. The topological polar surface area (TPSA) is 25.8 Å². The van der Waals surface area contributed by atoms with E-state index in [1.807, 2.05) is 17.8 Å². The fourth-order valence-electron chi connectivity index (χ4n) is 1.45. The van der Waals surface area contributed by atoms with E-state index in [1.54, 1.807) is 11.3 Å². The highest BCUT2D eigenvalue weighted by Crippen LogP contribution is 2.29. The van der Waals surface area contributed by atoms with E-state index in [1.165, 1.54) is 11.3 Å². The maximum Gasteiger partial charge on any atom is 0.141 e. The summed E-state index contributed by atoms with van der Waals surface area (Å²) in [6, 6.07) is 2.05. The van der Waals surface area contributed by atoms with E-state index in [2.05, 4.69) is 30.7 Å². The molecule has 0 N–H and O–H groups in total. The van der Waals surface area contributed by atoms with E-state index >= 15 is 0 Å². The zero-order valence-corrected chi connectivity index (χ0v) is 12.5. The Bertz CT molecular complexity index is 524. The van der Waals surface area contributed by atoms with E-state index in [0.717, 1.165) is 21.8 Å². The first-order valence-electron chi connectivity index (χ1n) is 5.64. The highest BCUT2D eigenvalue weighted by Gasteiger charge is 2.09. The predicted molar refractivity (Wildman–Crippen MR) is 78.2 cm³/mol. The van der Waals surface area contributed by atoms with Gasteiger partial charge in [-0.1, -0.05) is 25.4 Å². The van der Waals surface area contributed by atoms with Gasteiger partial charge in [0.1, 0.15) is 15.8 Å². The van der Waals surface area contributed by atoms with Gasteiger partial charge < -0.3 is 0 Å². The molecule has 2 aromatic rings. The zero-order valence-electron chi connectivity index (χ0n) is 10.2. The van der Waals surface area contributed by atoms with Crippen LogP contribution in [0.3, 0.4) is 0 Å². The summed E-state index contributed by atoms with van der Waals surface area (Å²) >= 11 is 9.72. The summed E-state index contributed by atoms with van der Waals surface area (Å²) in [5, 5.41) is 2.20. The summed E-state index contributed by atoms with van der Waals surface area (Å²) in [5.41, 5.74) is 0. The minimum atomic E-state index is 0.583. The molecule has 0 aliphatic rings. The Morgan fingerprint density at radius 3 is 2.94 bits per heavy atom. The molecular formula is C12H15ClN2S2. The van der Waals surface area contributed by atoms with Crippen molar-refractivity contribution in [1.82, 2.24) is 9.97 Å². The highest BCUT2D eigenvalue weighted by molar-refractivity contribution is 7.99. The first-order chi connectivity index (χ1) is 8.10. The maximum absolute atomic E-state index is 6.17. The van der Waals surface area contributed by atoms with Crippen LogP contribution in [0.1, 0.15) is 31.0 Å². The fraction of sp³-hybridized carbons (Fsp3) is 0.500. The summed E-state index contributed by atoms with van der Waals surface area (Å²) in [6.45, 7) is 6.48. The van der Waals surface area contributed by atoms with Gasteiger partial charge >= 0.3 is 0 Å². The second kappa shape index (κ2) is 5.55.